The van der Waals surface area contributed by atoms with Crippen LogP contribution in [0.2, 0.25) is 5.02 Å². The van der Waals surface area contributed by atoms with Gasteiger partial charge in [-0.3, -0.25) is 9.58 Å². The van der Waals surface area contributed by atoms with Crippen molar-refractivity contribution in [2.45, 2.75) is 130 Å². The molecule has 1 aliphatic carbocycles. The molecule has 12 nitrogen and oxygen atoms in total. The summed E-state index contributed by atoms with van der Waals surface area (Å²) >= 11 is 6.36. The van der Waals surface area contributed by atoms with Gasteiger partial charge in [0.1, 0.15) is 23.6 Å². The van der Waals surface area contributed by atoms with Gasteiger partial charge in [0.2, 0.25) is 5.95 Å². The van der Waals surface area contributed by atoms with Crippen molar-refractivity contribution in [1.82, 2.24) is 30.0 Å². The van der Waals surface area contributed by atoms with Gasteiger partial charge in [-0.25, -0.2) is 9.97 Å². The van der Waals surface area contributed by atoms with E-state index in [0.29, 0.717) is 71.9 Å². The second kappa shape index (κ2) is 23.4. The molecule has 1 saturated carbocycles. The number of aromatic nitrogens is 4. The second-order valence-electron chi connectivity index (χ2n) is 14.7. The third-order valence-corrected chi connectivity index (χ3v) is 10.5. The van der Waals surface area contributed by atoms with Gasteiger partial charge >= 0.3 is 0 Å². The molecule has 2 aliphatic rings. The van der Waals surface area contributed by atoms with Crippen LogP contribution in [0.5, 0.6) is 11.6 Å². The maximum Gasteiger partial charge on any atom is 0.257 e. The molecule has 13 heteroatoms. The van der Waals surface area contributed by atoms with Crippen molar-refractivity contribution in [3.8, 4) is 22.8 Å². The average molecular weight is 784 g/mol. The van der Waals surface area contributed by atoms with Crippen molar-refractivity contribution in [2.24, 2.45) is 5.92 Å². The lowest BCUT2D eigenvalue weighted by Gasteiger charge is -2.40. The van der Waals surface area contributed by atoms with Gasteiger partial charge in [0, 0.05) is 62.8 Å². The smallest absolute Gasteiger partial charge is 0.257 e. The van der Waals surface area contributed by atoms with Crippen molar-refractivity contribution >= 4 is 29.5 Å². The van der Waals surface area contributed by atoms with Crippen LogP contribution >= 0.6 is 11.6 Å². The zero-order chi connectivity index (χ0) is 40.4. The van der Waals surface area contributed by atoms with E-state index in [1.54, 1.807) is 25.7 Å². The zero-order valence-electron chi connectivity index (χ0n) is 34.5. The number of ether oxygens (including phenoxy) is 3. The molecule has 55 heavy (non-hydrogen) atoms. The van der Waals surface area contributed by atoms with E-state index >= 15 is 0 Å². The van der Waals surface area contributed by atoms with Crippen LogP contribution in [0.4, 0.5) is 11.6 Å². The number of methoxy groups -OCH3 is 1. The number of likely N-dealkylation sites (tertiary alicyclic amines) is 1. The maximum absolute atomic E-state index is 9.62. The molecule has 0 radical (unpaired) electrons. The number of hydrogen-bond acceptors (Lipinski definition) is 11. The summed E-state index contributed by atoms with van der Waals surface area (Å²) in [6, 6.07) is 7.55. The molecule has 5 rings (SSSR count). The van der Waals surface area contributed by atoms with E-state index in [-0.39, 0.29) is 12.6 Å². The maximum atomic E-state index is 9.62. The summed E-state index contributed by atoms with van der Waals surface area (Å²) in [6.45, 7) is 19.9. The minimum atomic E-state index is -0.606. The third kappa shape index (κ3) is 13.8. The summed E-state index contributed by atoms with van der Waals surface area (Å²) in [5, 5.41) is 28.1. The van der Waals surface area contributed by atoms with Crippen LogP contribution in [0.15, 0.2) is 49.6 Å². The van der Waals surface area contributed by atoms with E-state index in [0.717, 1.165) is 49.8 Å². The molecular formula is C42H67ClN8O4. The SMILES string of the molecule is C=CNCCOc1cc(-c2cnc(Nc3cn(C4CCC(N5C(C)CCC5COC)CC4)nc3OC(C)(C)CCO)nc2)ccc1Cl.CC.CCC(C)C=N. The lowest BCUT2D eigenvalue weighted by atomic mass is 9.89. The number of halogens is 1. The predicted octanol–water partition coefficient (Wildman–Crippen LogP) is 9.08. The van der Waals surface area contributed by atoms with Gasteiger partial charge in [0.05, 0.1) is 23.9 Å². The van der Waals surface area contributed by atoms with Crippen LogP contribution in [-0.4, -0.2) is 93.2 Å². The molecule has 3 atom stereocenters. The number of nitrogens with zero attached hydrogens (tertiary/aromatic N) is 5. The molecule has 3 heterocycles. The quantitative estimate of drug-likeness (QED) is 0.0729. The van der Waals surface area contributed by atoms with Crippen LogP contribution in [0.25, 0.3) is 11.1 Å². The van der Waals surface area contributed by atoms with Gasteiger partial charge in [0.25, 0.3) is 5.88 Å². The Morgan fingerprint density at radius 3 is 2.38 bits per heavy atom. The molecule has 4 N–H and O–H groups in total. The van der Waals surface area contributed by atoms with Crippen LogP contribution in [0.3, 0.4) is 0 Å². The van der Waals surface area contributed by atoms with Crippen molar-refractivity contribution < 1.29 is 19.3 Å². The first kappa shape index (κ1) is 45.7. The van der Waals surface area contributed by atoms with Gasteiger partial charge < -0.3 is 35.4 Å². The first-order valence-corrected chi connectivity index (χ1v) is 20.4. The first-order valence-electron chi connectivity index (χ1n) is 20.0. The highest BCUT2D eigenvalue weighted by atomic mass is 35.5. The zero-order valence-corrected chi connectivity index (χ0v) is 35.2. The molecule has 306 valence electrons. The number of aliphatic hydroxyl groups excluding tert-OH is 1. The Labute approximate surface area is 334 Å². The highest BCUT2D eigenvalue weighted by Crippen LogP contribution is 2.39. The van der Waals surface area contributed by atoms with Crippen LogP contribution in [0.1, 0.15) is 106 Å². The van der Waals surface area contributed by atoms with E-state index in [1.807, 2.05) is 63.7 Å². The van der Waals surface area contributed by atoms with Crippen molar-refractivity contribution in [2.75, 3.05) is 38.8 Å². The normalized spacial score (nSPS) is 20.3. The lowest BCUT2D eigenvalue weighted by molar-refractivity contribution is 0.0466. The minimum absolute atomic E-state index is 0.0210. The van der Waals surface area contributed by atoms with Gasteiger partial charge in [-0.05, 0) is 102 Å². The Hall–Kier alpha value is -3.71. The largest absolute Gasteiger partial charge is 0.490 e. The minimum Gasteiger partial charge on any atom is -0.490 e. The van der Waals surface area contributed by atoms with E-state index in [9.17, 15) is 5.11 Å². The number of rotatable bonds is 18. The highest BCUT2D eigenvalue weighted by molar-refractivity contribution is 6.32. The van der Waals surface area contributed by atoms with E-state index in [1.165, 1.54) is 19.1 Å². The third-order valence-electron chi connectivity index (χ3n) is 10.2. The van der Waals surface area contributed by atoms with Gasteiger partial charge in [-0.1, -0.05) is 51.9 Å². The van der Waals surface area contributed by atoms with Gasteiger partial charge in [-0.2, -0.15) is 0 Å². The van der Waals surface area contributed by atoms with Crippen LogP contribution in [0, 0.1) is 11.3 Å². The van der Waals surface area contributed by atoms with E-state index in [2.05, 4.69) is 45.9 Å². The molecule has 0 amide bonds. The summed E-state index contributed by atoms with van der Waals surface area (Å²) in [5.41, 5.74) is 1.80. The molecular weight excluding hydrogens is 716 g/mol. The Balaban J connectivity index is 0.000000926. The Bertz CT molecular complexity index is 1560. The van der Waals surface area contributed by atoms with Crippen LogP contribution < -0.4 is 20.1 Å². The number of anilines is 2. The van der Waals surface area contributed by atoms with Crippen molar-refractivity contribution in [1.29, 1.82) is 5.41 Å². The topological polar surface area (TPSA) is 143 Å². The fourth-order valence-electron chi connectivity index (χ4n) is 6.93. The number of hydrogen-bond donors (Lipinski definition) is 4. The highest BCUT2D eigenvalue weighted by Gasteiger charge is 2.38. The second-order valence-corrected chi connectivity index (χ2v) is 15.1. The summed E-state index contributed by atoms with van der Waals surface area (Å²) in [6.07, 6.45) is 17.0. The number of aliphatic hydroxyl groups is 1. The van der Waals surface area contributed by atoms with E-state index in [4.69, 9.17) is 36.3 Å². The lowest BCUT2D eigenvalue weighted by Crippen LogP contribution is -2.46. The average Bonchev–Trinajstić information content (AvgIpc) is 3.76. The monoisotopic (exact) mass is 782 g/mol. The molecule has 1 aliphatic heterocycles. The van der Waals surface area contributed by atoms with E-state index < -0.39 is 5.60 Å². The summed E-state index contributed by atoms with van der Waals surface area (Å²) in [5.74, 6) is 1.97. The number of benzene rings is 1. The molecule has 2 fully saturated rings. The van der Waals surface area contributed by atoms with Gasteiger partial charge in [-0.15, -0.1) is 5.10 Å². The van der Waals surface area contributed by atoms with Crippen molar-refractivity contribution in [3.63, 3.8) is 0 Å². The fraction of sp³-hybridized carbons (Fsp3) is 0.619. The van der Waals surface area contributed by atoms with Crippen molar-refractivity contribution in [3.05, 3.63) is 54.6 Å². The Kier molecular flexibility index (Phi) is 19.4. The standard InChI is InChI=1S/C35H50ClN7O4.C5H11N.C2H6/c1-6-37-16-18-46-32-19-25(8-14-30(32)36)26-20-38-34(39-21-26)40-31-22-42(41-33(31)47-35(3,4)15-17-44)27-10-12-28(13-11-27)43-24(2)7-9-29(43)23-45-5;1-3-5(2)4-6;1-2/h6,8,14,19-22,24,27-29,37,44H,1,7,9-13,15-18,23H2,2-5H3,(H,38,39,40);4-6H,3H2,1-2H3;1-2H3. The Morgan fingerprint density at radius 2 is 1.78 bits per heavy atom. The molecule has 3 aromatic rings. The fourth-order valence-corrected chi connectivity index (χ4v) is 7.11. The van der Waals surface area contributed by atoms with Gasteiger partial charge in [0.15, 0.2) is 0 Å². The first-order chi connectivity index (χ1) is 26.5. The molecule has 1 aromatic carbocycles. The molecule has 0 bridgehead atoms. The summed E-state index contributed by atoms with van der Waals surface area (Å²) < 4.78 is 19.8. The molecule has 0 spiro atoms. The molecule has 2 aromatic heterocycles. The Morgan fingerprint density at radius 1 is 1.09 bits per heavy atom. The summed E-state index contributed by atoms with van der Waals surface area (Å²) in [4.78, 5) is 11.9. The number of nitrogens with one attached hydrogen (secondary N) is 3. The van der Waals surface area contributed by atoms with Crippen LogP contribution in [-0.2, 0) is 4.74 Å². The summed E-state index contributed by atoms with van der Waals surface area (Å²) in [7, 11) is 1.80. The molecule has 1 saturated heterocycles. The molecule has 3 unspecified atom stereocenters. The predicted molar refractivity (Wildman–Crippen MR) is 225 cm³/mol.